The highest BCUT2D eigenvalue weighted by Gasteiger charge is 2.30. The quantitative estimate of drug-likeness (QED) is 0.916. The molecule has 1 aromatic carbocycles. The van der Waals surface area contributed by atoms with Crippen LogP contribution in [0.2, 0.25) is 0 Å². The van der Waals surface area contributed by atoms with Crippen molar-refractivity contribution in [2.45, 2.75) is 56.4 Å². The normalized spacial score (nSPS) is 20.0. The molecule has 126 valence electrons. The van der Waals surface area contributed by atoms with E-state index in [1.54, 1.807) is 10.4 Å². The number of piperidine rings is 1. The number of rotatable bonds is 3. The molecular weight excluding hydrogens is 312 g/mol. The first-order valence-corrected chi connectivity index (χ1v) is 9.80. The van der Waals surface area contributed by atoms with Crippen molar-refractivity contribution in [1.82, 2.24) is 9.62 Å². The van der Waals surface area contributed by atoms with Gasteiger partial charge in [0, 0.05) is 26.1 Å². The number of hydrogen-bond acceptors (Lipinski definition) is 3. The lowest BCUT2D eigenvalue weighted by molar-refractivity contribution is -0.119. The van der Waals surface area contributed by atoms with Crippen LogP contribution in [0.25, 0.3) is 0 Å². The van der Waals surface area contributed by atoms with Gasteiger partial charge in [-0.2, -0.15) is 4.31 Å². The minimum Gasteiger partial charge on any atom is -0.354 e. The fourth-order valence-electron chi connectivity index (χ4n) is 3.55. The van der Waals surface area contributed by atoms with Crippen LogP contribution in [0.15, 0.2) is 23.1 Å². The SMILES string of the molecule is CC(=O)NC1CCN(S(=O)(=O)c2ccc3c(c2)CCCC3)CC1. The van der Waals surface area contributed by atoms with Gasteiger partial charge in [0.05, 0.1) is 4.90 Å². The molecule has 1 heterocycles. The van der Waals surface area contributed by atoms with Gasteiger partial charge in [0.2, 0.25) is 15.9 Å². The van der Waals surface area contributed by atoms with Gasteiger partial charge in [-0.25, -0.2) is 8.42 Å². The maximum absolute atomic E-state index is 12.8. The summed E-state index contributed by atoms with van der Waals surface area (Å²) in [6.45, 7) is 2.42. The monoisotopic (exact) mass is 336 g/mol. The third-order valence-electron chi connectivity index (χ3n) is 4.82. The smallest absolute Gasteiger partial charge is 0.243 e. The second kappa shape index (κ2) is 6.61. The Morgan fingerprint density at radius 1 is 1.13 bits per heavy atom. The molecular formula is C17H24N2O3S. The standard InChI is InChI=1S/C17H24N2O3S/c1-13(20)18-16-8-10-19(11-9-16)23(21,22)17-7-6-14-4-2-3-5-15(14)12-17/h6-7,12,16H,2-5,8-11H2,1H3,(H,18,20). The van der Waals surface area contributed by atoms with E-state index in [0.29, 0.717) is 30.8 Å². The van der Waals surface area contributed by atoms with E-state index < -0.39 is 10.0 Å². The van der Waals surface area contributed by atoms with Gasteiger partial charge in [-0.05, 0) is 61.8 Å². The molecule has 0 spiro atoms. The lowest BCUT2D eigenvalue weighted by atomic mass is 9.92. The molecule has 1 aliphatic heterocycles. The van der Waals surface area contributed by atoms with E-state index in [9.17, 15) is 13.2 Å². The van der Waals surface area contributed by atoms with Crippen molar-refractivity contribution in [3.05, 3.63) is 29.3 Å². The Labute approximate surface area is 138 Å². The summed E-state index contributed by atoms with van der Waals surface area (Å²) >= 11 is 0. The molecule has 1 amide bonds. The largest absolute Gasteiger partial charge is 0.354 e. The van der Waals surface area contributed by atoms with Crippen LogP contribution >= 0.6 is 0 Å². The number of benzene rings is 1. The van der Waals surface area contributed by atoms with E-state index in [1.165, 1.54) is 24.5 Å². The van der Waals surface area contributed by atoms with Crippen molar-refractivity contribution < 1.29 is 13.2 Å². The summed E-state index contributed by atoms with van der Waals surface area (Å²) in [5, 5.41) is 2.87. The number of carbonyl (C=O) groups excluding carboxylic acids is 1. The highest BCUT2D eigenvalue weighted by Crippen LogP contribution is 2.27. The topological polar surface area (TPSA) is 66.5 Å². The molecule has 3 rings (SSSR count). The van der Waals surface area contributed by atoms with E-state index in [2.05, 4.69) is 5.32 Å². The van der Waals surface area contributed by atoms with Gasteiger partial charge in [0.1, 0.15) is 0 Å². The molecule has 0 atom stereocenters. The van der Waals surface area contributed by atoms with Crippen LogP contribution in [0, 0.1) is 0 Å². The Hall–Kier alpha value is -1.40. The summed E-state index contributed by atoms with van der Waals surface area (Å²) in [6, 6.07) is 5.68. The fourth-order valence-corrected chi connectivity index (χ4v) is 5.07. The fraction of sp³-hybridized carbons (Fsp3) is 0.588. The number of aryl methyl sites for hydroxylation is 2. The minimum atomic E-state index is -3.43. The van der Waals surface area contributed by atoms with Crippen LogP contribution < -0.4 is 5.32 Å². The molecule has 1 N–H and O–H groups in total. The summed E-state index contributed by atoms with van der Waals surface area (Å²) in [5.74, 6) is -0.0546. The Morgan fingerprint density at radius 3 is 2.43 bits per heavy atom. The van der Waals surface area contributed by atoms with Crippen molar-refractivity contribution >= 4 is 15.9 Å². The maximum Gasteiger partial charge on any atom is 0.243 e. The van der Waals surface area contributed by atoms with Gasteiger partial charge in [0.25, 0.3) is 0 Å². The number of sulfonamides is 1. The molecule has 23 heavy (non-hydrogen) atoms. The number of fused-ring (bicyclic) bond motifs is 1. The minimum absolute atomic E-state index is 0.0546. The van der Waals surface area contributed by atoms with E-state index in [0.717, 1.165) is 19.3 Å². The molecule has 2 aliphatic rings. The van der Waals surface area contributed by atoms with Gasteiger partial charge in [-0.1, -0.05) is 6.07 Å². The summed E-state index contributed by atoms with van der Waals surface area (Å²) in [7, 11) is -3.43. The molecule has 0 unspecified atom stereocenters. The zero-order chi connectivity index (χ0) is 16.4. The van der Waals surface area contributed by atoms with E-state index >= 15 is 0 Å². The van der Waals surface area contributed by atoms with Gasteiger partial charge >= 0.3 is 0 Å². The second-order valence-electron chi connectivity index (χ2n) is 6.52. The van der Waals surface area contributed by atoms with E-state index in [1.807, 2.05) is 12.1 Å². The van der Waals surface area contributed by atoms with E-state index in [4.69, 9.17) is 0 Å². The van der Waals surface area contributed by atoms with Crippen LogP contribution in [0.4, 0.5) is 0 Å². The number of nitrogens with one attached hydrogen (secondary N) is 1. The molecule has 6 heteroatoms. The van der Waals surface area contributed by atoms with Crippen LogP contribution in [0.5, 0.6) is 0 Å². The van der Waals surface area contributed by atoms with Gasteiger partial charge in [-0.3, -0.25) is 4.79 Å². The van der Waals surface area contributed by atoms with Crippen LogP contribution in [0.3, 0.4) is 0 Å². The molecule has 1 saturated heterocycles. The molecule has 1 aromatic rings. The average molecular weight is 336 g/mol. The van der Waals surface area contributed by atoms with Gasteiger partial charge in [0.15, 0.2) is 0 Å². The average Bonchev–Trinajstić information content (AvgIpc) is 2.54. The summed E-state index contributed by atoms with van der Waals surface area (Å²) in [6.07, 6.45) is 5.70. The van der Waals surface area contributed by atoms with Crippen LogP contribution in [-0.4, -0.2) is 37.8 Å². The number of hydrogen-bond donors (Lipinski definition) is 1. The number of amides is 1. The Bertz CT molecular complexity index is 692. The highest BCUT2D eigenvalue weighted by atomic mass is 32.2. The lowest BCUT2D eigenvalue weighted by Gasteiger charge is -2.31. The molecule has 0 radical (unpaired) electrons. The van der Waals surface area contributed by atoms with Crippen molar-refractivity contribution in [3.8, 4) is 0 Å². The van der Waals surface area contributed by atoms with Crippen molar-refractivity contribution in [2.24, 2.45) is 0 Å². The van der Waals surface area contributed by atoms with Gasteiger partial charge < -0.3 is 5.32 Å². The van der Waals surface area contributed by atoms with Crippen LogP contribution in [-0.2, 0) is 27.7 Å². The molecule has 0 saturated carbocycles. The zero-order valence-corrected chi connectivity index (χ0v) is 14.4. The third-order valence-corrected chi connectivity index (χ3v) is 6.71. The predicted octanol–water partition coefficient (Wildman–Crippen LogP) is 1.85. The molecule has 0 bridgehead atoms. The number of nitrogens with zero attached hydrogens (tertiary/aromatic N) is 1. The van der Waals surface area contributed by atoms with Gasteiger partial charge in [-0.15, -0.1) is 0 Å². The molecule has 1 fully saturated rings. The second-order valence-corrected chi connectivity index (χ2v) is 8.45. The predicted molar refractivity (Wildman–Crippen MR) is 88.7 cm³/mol. The maximum atomic E-state index is 12.8. The van der Waals surface area contributed by atoms with Crippen LogP contribution in [0.1, 0.15) is 43.7 Å². The summed E-state index contributed by atoms with van der Waals surface area (Å²) in [5.41, 5.74) is 2.48. The Balaban J connectivity index is 1.73. The van der Waals surface area contributed by atoms with Crippen molar-refractivity contribution in [2.75, 3.05) is 13.1 Å². The first-order valence-electron chi connectivity index (χ1n) is 8.36. The zero-order valence-electron chi connectivity index (χ0n) is 13.5. The Morgan fingerprint density at radius 2 is 1.78 bits per heavy atom. The first-order chi connectivity index (χ1) is 11.0. The molecule has 0 aromatic heterocycles. The van der Waals surface area contributed by atoms with Crippen molar-refractivity contribution in [1.29, 1.82) is 0 Å². The molecule has 1 aliphatic carbocycles. The lowest BCUT2D eigenvalue weighted by Crippen LogP contribution is -2.46. The third kappa shape index (κ3) is 3.58. The first kappa shape index (κ1) is 16.5. The highest BCUT2D eigenvalue weighted by molar-refractivity contribution is 7.89. The Kier molecular flexibility index (Phi) is 4.73. The molecule has 5 nitrogen and oxygen atoms in total. The number of carbonyl (C=O) groups is 1. The summed E-state index contributed by atoms with van der Waals surface area (Å²) < 4.78 is 27.2. The summed E-state index contributed by atoms with van der Waals surface area (Å²) in [4.78, 5) is 11.5. The van der Waals surface area contributed by atoms with E-state index in [-0.39, 0.29) is 11.9 Å². The van der Waals surface area contributed by atoms with Crippen molar-refractivity contribution in [3.63, 3.8) is 0 Å².